The molecule has 5 heteroatoms. The smallest absolute Gasteiger partial charge is 1.00 e. The van der Waals surface area contributed by atoms with E-state index in [2.05, 4.69) is 0 Å². The third kappa shape index (κ3) is 4.66. The monoisotopic (exact) mass is 184 g/mol. The van der Waals surface area contributed by atoms with Crippen LogP contribution in [0, 0.1) is 0 Å². The molecule has 0 spiro atoms. The van der Waals surface area contributed by atoms with Crippen LogP contribution in [-0.2, 0) is 11.1 Å². The Labute approximate surface area is 89.0 Å². The number of hydrogen-bond donors (Lipinski definition) is 1. The second-order valence-corrected chi connectivity index (χ2v) is 2.53. The fourth-order valence-electron chi connectivity index (χ4n) is 0.537. The standard InChI is InChI=1S/C6H6O2S.FH.Na/c7-9(8)6-4-2-1-3-5-6;;/h1-5H,(H,7,8);1H;/q;;+1/p-1. The van der Waals surface area contributed by atoms with E-state index in [-0.39, 0.29) is 34.3 Å². The molecule has 0 saturated heterocycles. The molecule has 1 unspecified atom stereocenters. The van der Waals surface area contributed by atoms with E-state index < -0.39 is 11.1 Å². The number of halogens is 1. The van der Waals surface area contributed by atoms with E-state index in [0.29, 0.717) is 4.90 Å². The molecule has 0 radical (unpaired) electrons. The summed E-state index contributed by atoms with van der Waals surface area (Å²) in [6.07, 6.45) is 0. The van der Waals surface area contributed by atoms with Gasteiger partial charge in [-0.3, -0.25) is 0 Å². The fourth-order valence-corrected chi connectivity index (χ4v) is 0.927. The molecule has 0 bridgehead atoms. The third-order valence-electron chi connectivity index (χ3n) is 0.945. The van der Waals surface area contributed by atoms with Crippen molar-refractivity contribution < 1.29 is 43.0 Å². The largest absolute Gasteiger partial charge is 1.00 e. The zero-order valence-corrected chi connectivity index (χ0v) is 8.84. The summed E-state index contributed by atoms with van der Waals surface area (Å²) >= 11 is -1.83. The van der Waals surface area contributed by atoms with Gasteiger partial charge in [0.15, 0.2) is 11.1 Å². The first-order valence-corrected chi connectivity index (χ1v) is 3.57. The van der Waals surface area contributed by atoms with Gasteiger partial charge in [0, 0.05) is 0 Å². The van der Waals surface area contributed by atoms with Crippen molar-refractivity contribution in [3.8, 4) is 0 Å². The maximum absolute atomic E-state index is 10.3. The first-order chi connectivity index (χ1) is 4.30. The van der Waals surface area contributed by atoms with E-state index in [1.807, 2.05) is 0 Å². The van der Waals surface area contributed by atoms with Crippen LogP contribution in [0.5, 0.6) is 0 Å². The van der Waals surface area contributed by atoms with Gasteiger partial charge in [0.1, 0.15) is 0 Å². The Hall–Kier alpha value is 0.260. The Morgan fingerprint density at radius 1 is 1.18 bits per heavy atom. The van der Waals surface area contributed by atoms with Crippen LogP contribution >= 0.6 is 0 Å². The molecule has 0 fully saturated rings. The van der Waals surface area contributed by atoms with Gasteiger partial charge in [0.05, 0.1) is 4.90 Å². The first kappa shape index (κ1) is 13.8. The summed E-state index contributed by atoms with van der Waals surface area (Å²) in [5, 5.41) is 0. The van der Waals surface area contributed by atoms with E-state index in [4.69, 9.17) is 4.55 Å². The van der Waals surface area contributed by atoms with Gasteiger partial charge in [0.25, 0.3) is 0 Å². The van der Waals surface area contributed by atoms with E-state index >= 15 is 0 Å². The molecule has 1 N–H and O–H groups in total. The number of rotatable bonds is 1. The molecule has 1 rings (SSSR count). The fraction of sp³-hybridized carbons (Fsp3) is 0. The van der Waals surface area contributed by atoms with Crippen molar-refractivity contribution in [2.45, 2.75) is 4.90 Å². The van der Waals surface area contributed by atoms with E-state index in [1.54, 1.807) is 30.3 Å². The molecule has 0 aliphatic carbocycles. The quantitative estimate of drug-likeness (QED) is 0.352. The summed E-state index contributed by atoms with van der Waals surface area (Å²) in [4.78, 5) is 0.442. The maximum Gasteiger partial charge on any atom is 1.00 e. The van der Waals surface area contributed by atoms with Crippen LogP contribution in [-0.4, -0.2) is 8.76 Å². The predicted octanol–water partition coefficient (Wildman–Crippen LogP) is -4.72. The Balaban J connectivity index is 0. The van der Waals surface area contributed by atoms with Crippen LogP contribution in [0.4, 0.5) is 0 Å². The van der Waals surface area contributed by atoms with Gasteiger partial charge >= 0.3 is 29.6 Å². The molecular formula is C6H6FNaO2S. The van der Waals surface area contributed by atoms with Crippen LogP contribution < -0.4 is 34.3 Å². The molecule has 1 aromatic rings. The average molecular weight is 184 g/mol. The average Bonchev–Trinajstić information content (AvgIpc) is 1.90. The molecule has 1 aromatic carbocycles. The van der Waals surface area contributed by atoms with Gasteiger partial charge < -0.3 is 9.26 Å². The summed E-state index contributed by atoms with van der Waals surface area (Å²) in [6, 6.07) is 8.47. The second kappa shape index (κ2) is 6.94. The Bertz CT molecular complexity index is 217. The summed E-state index contributed by atoms with van der Waals surface area (Å²) in [5.74, 6) is 0. The zero-order chi connectivity index (χ0) is 6.69. The van der Waals surface area contributed by atoms with Crippen molar-refractivity contribution in [1.82, 2.24) is 0 Å². The SMILES string of the molecule is O=S(O)c1ccccc1.[F-].[Na+]. The first-order valence-electron chi connectivity index (χ1n) is 2.46. The zero-order valence-electron chi connectivity index (χ0n) is 6.03. The molecule has 0 aliphatic rings. The Kier molecular flexibility index (Phi) is 8.72. The van der Waals surface area contributed by atoms with Crippen LogP contribution in [0.2, 0.25) is 0 Å². The molecule has 0 saturated carbocycles. The minimum atomic E-state index is -1.83. The van der Waals surface area contributed by atoms with Crippen molar-refractivity contribution >= 4 is 11.1 Å². The Morgan fingerprint density at radius 2 is 1.64 bits per heavy atom. The van der Waals surface area contributed by atoms with Gasteiger partial charge in [-0.2, -0.15) is 0 Å². The minimum Gasteiger partial charge on any atom is -1.00 e. The topological polar surface area (TPSA) is 37.3 Å². The molecule has 56 valence electrons. The van der Waals surface area contributed by atoms with E-state index in [1.165, 1.54) is 0 Å². The minimum absolute atomic E-state index is 0. The van der Waals surface area contributed by atoms with Gasteiger partial charge in [-0.25, -0.2) is 4.21 Å². The molecular weight excluding hydrogens is 178 g/mol. The van der Waals surface area contributed by atoms with Crippen molar-refractivity contribution in [3.05, 3.63) is 30.3 Å². The van der Waals surface area contributed by atoms with Crippen molar-refractivity contribution in [2.75, 3.05) is 0 Å². The van der Waals surface area contributed by atoms with Crippen LogP contribution in [0.3, 0.4) is 0 Å². The predicted molar refractivity (Wildman–Crippen MR) is 35.5 cm³/mol. The van der Waals surface area contributed by atoms with Crippen LogP contribution in [0.25, 0.3) is 0 Å². The molecule has 11 heavy (non-hydrogen) atoms. The second-order valence-electron chi connectivity index (χ2n) is 1.56. The molecule has 1 atom stereocenters. The number of hydrogen-bond acceptors (Lipinski definition) is 1. The van der Waals surface area contributed by atoms with E-state index in [0.717, 1.165) is 0 Å². The summed E-state index contributed by atoms with van der Waals surface area (Å²) in [6.45, 7) is 0. The molecule has 0 aliphatic heterocycles. The Morgan fingerprint density at radius 3 is 1.91 bits per heavy atom. The summed E-state index contributed by atoms with van der Waals surface area (Å²) in [5.41, 5.74) is 0. The molecule has 0 aromatic heterocycles. The van der Waals surface area contributed by atoms with Crippen LogP contribution in [0.15, 0.2) is 35.2 Å². The summed E-state index contributed by atoms with van der Waals surface area (Å²) in [7, 11) is 0. The normalized spacial score (nSPS) is 10.6. The van der Waals surface area contributed by atoms with Crippen LogP contribution in [0.1, 0.15) is 0 Å². The van der Waals surface area contributed by atoms with E-state index in [9.17, 15) is 4.21 Å². The molecule has 0 heterocycles. The van der Waals surface area contributed by atoms with Gasteiger partial charge in [-0.05, 0) is 12.1 Å². The molecule has 0 amide bonds. The van der Waals surface area contributed by atoms with Gasteiger partial charge in [-0.1, -0.05) is 18.2 Å². The van der Waals surface area contributed by atoms with Crippen molar-refractivity contribution in [2.24, 2.45) is 0 Å². The van der Waals surface area contributed by atoms with Crippen molar-refractivity contribution in [3.63, 3.8) is 0 Å². The third-order valence-corrected chi connectivity index (χ3v) is 1.62. The van der Waals surface area contributed by atoms with Gasteiger partial charge in [-0.15, -0.1) is 0 Å². The maximum atomic E-state index is 10.3. The summed E-state index contributed by atoms with van der Waals surface area (Å²) < 4.78 is 18.8. The van der Waals surface area contributed by atoms with Gasteiger partial charge in [0.2, 0.25) is 0 Å². The molecule has 2 nitrogen and oxygen atoms in total. The number of benzene rings is 1. The van der Waals surface area contributed by atoms with Crippen molar-refractivity contribution in [1.29, 1.82) is 0 Å².